The van der Waals surface area contributed by atoms with Gasteiger partial charge in [-0.2, -0.15) is 0 Å². The molecule has 0 spiro atoms. The quantitative estimate of drug-likeness (QED) is 0.527. The molecule has 0 unspecified atom stereocenters. The lowest BCUT2D eigenvalue weighted by molar-refractivity contribution is 0.449. The predicted octanol–water partition coefficient (Wildman–Crippen LogP) is 3.71. The van der Waals surface area contributed by atoms with Gasteiger partial charge in [-0.15, -0.1) is 0 Å². The molecule has 140 valence electrons. The molecule has 0 aliphatic carbocycles. The van der Waals surface area contributed by atoms with Crippen LogP contribution in [0.25, 0.3) is 5.69 Å². The van der Waals surface area contributed by atoms with Gasteiger partial charge in [-0.25, -0.2) is 17.9 Å². The van der Waals surface area contributed by atoms with Crippen molar-refractivity contribution in [3.05, 3.63) is 76.0 Å². The lowest BCUT2D eigenvalue weighted by Gasteiger charge is -2.10. The van der Waals surface area contributed by atoms with Gasteiger partial charge in [0.1, 0.15) is 5.69 Å². The highest BCUT2D eigenvalue weighted by Gasteiger charge is 2.18. The molecule has 0 fully saturated rings. The van der Waals surface area contributed by atoms with Gasteiger partial charge < -0.3 is 10.6 Å². The number of anilines is 2. The smallest absolute Gasteiger partial charge is 0.295 e. The Morgan fingerprint density at radius 1 is 1.00 bits per heavy atom. The average Bonchev–Trinajstić information content (AvgIpc) is 2.86. The van der Waals surface area contributed by atoms with Crippen LogP contribution in [-0.4, -0.2) is 14.5 Å². The molecule has 0 saturated carbocycles. The Morgan fingerprint density at radius 3 is 2.33 bits per heavy atom. The third-order valence-corrected chi connectivity index (χ3v) is 4.28. The first kappa shape index (κ1) is 18.7. The number of halogens is 3. The molecule has 5 nitrogen and oxygen atoms in total. The number of aromatic nitrogens is 2. The van der Waals surface area contributed by atoms with Gasteiger partial charge in [-0.1, -0.05) is 18.2 Å². The van der Waals surface area contributed by atoms with Gasteiger partial charge in [0.05, 0.1) is 17.1 Å². The minimum Gasteiger partial charge on any atom is -0.330 e. The summed E-state index contributed by atoms with van der Waals surface area (Å²) < 4.78 is 43.2. The third kappa shape index (κ3) is 3.45. The van der Waals surface area contributed by atoms with E-state index in [1.54, 1.807) is 42.9 Å². The Morgan fingerprint density at radius 2 is 1.67 bits per heavy atom. The van der Waals surface area contributed by atoms with Gasteiger partial charge in [-0.05, 0) is 43.4 Å². The second-order valence-corrected chi connectivity index (χ2v) is 6.15. The van der Waals surface area contributed by atoms with E-state index in [2.05, 4.69) is 10.6 Å². The molecule has 0 bridgehead atoms. The van der Waals surface area contributed by atoms with Crippen molar-refractivity contribution < 1.29 is 13.2 Å². The fraction of sp³-hybridized carbons (Fsp3) is 0.111. The molecule has 3 rings (SSSR count). The number of hydrogen-bond acceptors (Lipinski definition) is 2. The molecule has 0 aliphatic heterocycles. The number of hydrogen-bond donors (Lipinski definition) is 2. The van der Waals surface area contributed by atoms with E-state index < -0.39 is 17.5 Å². The fourth-order valence-electron chi connectivity index (χ4n) is 2.60. The van der Waals surface area contributed by atoms with Crippen LogP contribution in [0, 0.1) is 24.4 Å². The number of benzene rings is 2. The standard InChI is InChI=1S/C18H15F3N4OS/c1-10-16(17(26)25(24(10)2)11-6-4-3-5-7-11)23-18(27)22-13-9-8-12(19)14(20)15(13)21/h3-9H,1-2H3,(H2,22,23,27). The normalized spacial score (nSPS) is 10.7. The van der Waals surface area contributed by atoms with Crippen molar-refractivity contribution in [1.29, 1.82) is 0 Å². The van der Waals surface area contributed by atoms with E-state index in [9.17, 15) is 18.0 Å². The number of rotatable bonds is 3. The SMILES string of the molecule is Cc1c(NC(=S)Nc2ccc(F)c(F)c2F)c(=O)n(-c2ccccc2)n1C. The molecule has 0 saturated heterocycles. The van der Waals surface area contributed by atoms with Crippen molar-refractivity contribution in [3.63, 3.8) is 0 Å². The summed E-state index contributed by atoms with van der Waals surface area (Å²) in [6.45, 7) is 1.71. The minimum atomic E-state index is -1.61. The summed E-state index contributed by atoms with van der Waals surface area (Å²) in [6, 6.07) is 10.8. The Balaban J connectivity index is 1.90. The zero-order valence-corrected chi connectivity index (χ0v) is 15.2. The van der Waals surface area contributed by atoms with Crippen LogP contribution in [0.4, 0.5) is 24.5 Å². The molecular weight excluding hydrogens is 377 g/mol. The minimum absolute atomic E-state index is 0.133. The van der Waals surface area contributed by atoms with E-state index in [0.29, 0.717) is 11.4 Å². The second kappa shape index (κ2) is 7.28. The van der Waals surface area contributed by atoms with Crippen LogP contribution in [0.1, 0.15) is 5.69 Å². The number of nitrogens with zero attached hydrogens (tertiary/aromatic N) is 2. The van der Waals surface area contributed by atoms with Crippen molar-refractivity contribution in [2.45, 2.75) is 6.92 Å². The summed E-state index contributed by atoms with van der Waals surface area (Å²) in [4.78, 5) is 12.8. The predicted molar refractivity (Wildman–Crippen MR) is 102 cm³/mol. The van der Waals surface area contributed by atoms with Crippen molar-refractivity contribution >= 4 is 28.7 Å². The molecular formula is C18H15F3N4OS. The molecule has 3 aromatic rings. The van der Waals surface area contributed by atoms with Crippen LogP contribution in [0.15, 0.2) is 47.3 Å². The van der Waals surface area contributed by atoms with E-state index in [1.165, 1.54) is 4.68 Å². The topological polar surface area (TPSA) is 51.0 Å². The summed E-state index contributed by atoms with van der Waals surface area (Å²) >= 11 is 5.08. The number of para-hydroxylation sites is 1. The van der Waals surface area contributed by atoms with Gasteiger partial charge in [0, 0.05) is 7.05 Å². The molecule has 1 aromatic heterocycles. The molecule has 9 heteroatoms. The molecule has 2 N–H and O–H groups in total. The molecule has 0 amide bonds. The highest BCUT2D eigenvalue weighted by Crippen LogP contribution is 2.20. The van der Waals surface area contributed by atoms with Crippen molar-refractivity contribution in [2.75, 3.05) is 10.6 Å². The highest BCUT2D eigenvalue weighted by atomic mass is 32.1. The third-order valence-electron chi connectivity index (χ3n) is 4.08. The number of nitrogens with one attached hydrogen (secondary N) is 2. The van der Waals surface area contributed by atoms with Crippen LogP contribution in [0.3, 0.4) is 0 Å². The van der Waals surface area contributed by atoms with Gasteiger partial charge in [0.25, 0.3) is 5.56 Å². The van der Waals surface area contributed by atoms with Gasteiger partial charge >= 0.3 is 0 Å². The summed E-state index contributed by atoms with van der Waals surface area (Å²) in [5.41, 5.74) is 0.715. The Bertz CT molecular complexity index is 1080. The molecule has 1 heterocycles. The lowest BCUT2D eigenvalue weighted by atomic mass is 10.3. The van der Waals surface area contributed by atoms with Gasteiger partial charge in [0.15, 0.2) is 22.6 Å². The summed E-state index contributed by atoms with van der Waals surface area (Å²) in [5.74, 6) is -4.31. The van der Waals surface area contributed by atoms with Crippen LogP contribution in [0.2, 0.25) is 0 Å². The molecule has 27 heavy (non-hydrogen) atoms. The number of thiocarbonyl (C=S) groups is 1. The van der Waals surface area contributed by atoms with Crippen molar-refractivity contribution in [3.8, 4) is 5.69 Å². The maximum absolute atomic E-state index is 13.8. The maximum Gasteiger partial charge on any atom is 0.295 e. The summed E-state index contributed by atoms with van der Waals surface area (Å²) in [7, 11) is 1.71. The first-order valence-corrected chi connectivity index (χ1v) is 8.27. The zero-order chi connectivity index (χ0) is 19.7. The van der Waals surface area contributed by atoms with E-state index in [4.69, 9.17) is 12.2 Å². The van der Waals surface area contributed by atoms with Crippen molar-refractivity contribution in [1.82, 2.24) is 9.36 Å². The monoisotopic (exact) mass is 392 g/mol. The van der Waals surface area contributed by atoms with Crippen LogP contribution in [0.5, 0.6) is 0 Å². The Kier molecular flexibility index (Phi) is 5.04. The first-order chi connectivity index (χ1) is 12.8. The van der Waals surface area contributed by atoms with Crippen LogP contribution < -0.4 is 16.2 Å². The average molecular weight is 392 g/mol. The van der Waals surface area contributed by atoms with Crippen molar-refractivity contribution in [2.24, 2.45) is 7.05 Å². The lowest BCUT2D eigenvalue weighted by Crippen LogP contribution is -2.25. The molecule has 0 aliphatic rings. The van der Waals surface area contributed by atoms with Gasteiger partial charge in [-0.3, -0.25) is 9.48 Å². The highest BCUT2D eigenvalue weighted by molar-refractivity contribution is 7.80. The van der Waals surface area contributed by atoms with E-state index in [1.807, 2.05) is 6.07 Å². The largest absolute Gasteiger partial charge is 0.330 e. The Labute approximate surface area is 158 Å². The molecule has 0 atom stereocenters. The molecule has 0 radical (unpaired) electrons. The zero-order valence-electron chi connectivity index (χ0n) is 14.4. The first-order valence-electron chi connectivity index (χ1n) is 7.86. The molecule has 2 aromatic carbocycles. The maximum atomic E-state index is 13.8. The van der Waals surface area contributed by atoms with E-state index in [-0.39, 0.29) is 22.0 Å². The fourth-order valence-corrected chi connectivity index (χ4v) is 2.81. The van der Waals surface area contributed by atoms with Gasteiger partial charge in [0.2, 0.25) is 0 Å². The van der Waals surface area contributed by atoms with E-state index in [0.717, 1.165) is 12.1 Å². The summed E-state index contributed by atoms with van der Waals surface area (Å²) in [6.07, 6.45) is 0. The second-order valence-electron chi connectivity index (χ2n) is 5.74. The van der Waals surface area contributed by atoms with Crippen LogP contribution in [-0.2, 0) is 7.05 Å². The van der Waals surface area contributed by atoms with E-state index >= 15 is 0 Å². The Hall–Kier alpha value is -3.07. The summed E-state index contributed by atoms with van der Waals surface area (Å²) in [5, 5.41) is 5.00. The van der Waals surface area contributed by atoms with Crippen LogP contribution >= 0.6 is 12.2 Å².